The van der Waals surface area contributed by atoms with Crippen molar-refractivity contribution in [3.05, 3.63) is 35.4 Å². The maximum atomic E-state index is 12.6. The van der Waals surface area contributed by atoms with Gasteiger partial charge in [-0.1, -0.05) is 12.1 Å². The second-order valence-corrected chi connectivity index (χ2v) is 7.23. The molecular formula is C19H27N3O4. The fourth-order valence-corrected chi connectivity index (χ4v) is 3.52. The summed E-state index contributed by atoms with van der Waals surface area (Å²) in [7, 11) is 0. The Bertz CT molecular complexity index is 639. The largest absolute Gasteiger partial charge is 0.392 e. The average molecular weight is 361 g/mol. The van der Waals surface area contributed by atoms with Gasteiger partial charge in [0, 0.05) is 31.7 Å². The highest BCUT2D eigenvalue weighted by Gasteiger charge is 2.28. The Morgan fingerprint density at radius 3 is 2.46 bits per heavy atom. The number of ether oxygens (including phenoxy) is 1. The monoisotopic (exact) mass is 361 g/mol. The molecule has 0 aromatic heterocycles. The van der Waals surface area contributed by atoms with Crippen LogP contribution < -0.4 is 10.6 Å². The van der Waals surface area contributed by atoms with Crippen LogP contribution in [0.15, 0.2) is 24.3 Å². The van der Waals surface area contributed by atoms with E-state index in [1.54, 1.807) is 12.1 Å². The van der Waals surface area contributed by atoms with Crippen LogP contribution in [0.5, 0.6) is 0 Å². The van der Waals surface area contributed by atoms with Crippen LogP contribution in [0.3, 0.4) is 0 Å². The highest BCUT2D eigenvalue weighted by atomic mass is 16.5. The van der Waals surface area contributed by atoms with E-state index in [1.165, 1.54) is 0 Å². The molecule has 1 aromatic carbocycles. The number of aliphatic hydroxyl groups excluding tert-OH is 1. The van der Waals surface area contributed by atoms with Crippen LogP contribution in [0.1, 0.15) is 36.2 Å². The summed E-state index contributed by atoms with van der Waals surface area (Å²) in [5, 5.41) is 15.3. The molecule has 7 heteroatoms. The van der Waals surface area contributed by atoms with Crippen molar-refractivity contribution >= 4 is 11.8 Å². The number of hydrogen-bond donors (Lipinski definition) is 3. The number of carbonyl (C=O) groups is 2. The lowest BCUT2D eigenvalue weighted by atomic mass is 10.1. The number of hydrogen-bond acceptors (Lipinski definition) is 5. The number of amides is 2. The summed E-state index contributed by atoms with van der Waals surface area (Å²) in [4.78, 5) is 26.5. The molecule has 3 N–H and O–H groups in total. The van der Waals surface area contributed by atoms with Gasteiger partial charge >= 0.3 is 0 Å². The van der Waals surface area contributed by atoms with Crippen LogP contribution in [0, 0.1) is 0 Å². The smallest absolute Gasteiger partial charge is 0.254 e. The van der Waals surface area contributed by atoms with Crippen molar-refractivity contribution < 1.29 is 19.4 Å². The lowest BCUT2D eigenvalue weighted by Gasteiger charge is -2.35. The number of rotatable bonds is 4. The fraction of sp³-hybridized carbons (Fsp3) is 0.579. The van der Waals surface area contributed by atoms with Gasteiger partial charge < -0.3 is 25.4 Å². The van der Waals surface area contributed by atoms with Gasteiger partial charge in [0.1, 0.15) is 0 Å². The van der Waals surface area contributed by atoms with Gasteiger partial charge in [-0.05, 0) is 38.0 Å². The maximum Gasteiger partial charge on any atom is 0.254 e. The van der Waals surface area contributed by atoms with E-state index in [2.05, 4.69) is 10.6 Å². The van der Waals surface area contributed by atoms with E-state index in [-0.39, 0.29) is 30.1 Å². The summed E-state index contributed by atoms with van der Waals surface area (Å²) < 4.78 is 5.67. The topological polar surface area (TPSA) is 90.9 Å². The van der Waals surface area contributed by atoms with Crippen LogP contribution in [-0.2, 0) is 16.1 Å². The van der Waals surface area contributed by atoms with Gasteiger partial charge in [0.05, 0.1) is 24.4 Å². The molecule has 3 rings (SSSR count). The molecule has 0 radical (unpaired) electrons. The molecule has 7 nitrogen and oxygen atoms in total. The Morgan fingerprint density at radius 2 is 1.88 bits per heavy atom. The van der Waals surface area contributed by atoms with Gasteiger partial charge in [0.25, 0.3) is 5.91 Å². The molecule has 1 aromatic rings. The van der Waals surface area contributed by atoms with E-state index < -0.39 is 6.10 Å². The fourth-order valence-electron chi connectivity index (χ4n) is 3.52. The maximum absolute atomic E-state index is 12.6. The number of benzene rings is 1. The Hall–Kier alpha value is -1.96. The number of nitrogens with zero attached hydrogens (tertiary/aromatic N) is 1. The van der Waals surface area contributed by atoms with E-state index in [4.69, 9.17) is 4.74 Å². The summed E-state index contributed by atoms with van der Waals surface area (Å²) in [5.41, 5.74) is 1.57. The Morgan fingerprint density at radius 1 is 1.23 bits per heavy atom. The second-order valence-electron chi connectivity index (χ2n) is 7.23. The number of β-amino-alcohol motifs (C(OH)–C–C–N with tert-alkyl or cyclic N) is 1. The van der Waals surface area contributed by atoms with Crippen molar-refractivity contribution in [1.29, 1.82) is 0 Å². The van der Waals surface area contributed by atoms with Gasteiger partial charge in [0.15, 0.2) is 0 Å². The molecule has 0 aliphatic carbocycles. The lowest BCUT2D eigenvalue weighted by molar-refractivity contribution is -0.123. The molecule has 4 unspecified atom stereocenters. The molecule has 26 heavy (non-hydrogen) atoms. The predicted molar refractivity (Wildman–Crippen MR) is 96.6 cm³/mol. The third kappa shape index (κ3) is 4.60. The first-order valence-corrected chi connectivity index (χ1v) is 9.15. The first kappa shape index (κ1) is 18.8. The quantitative estimate of drug-likeness (QED) is 0.716. The van der Waals surface area contributed by atoms with E-state index >= 15 is 0 Å². The molecule has 0 saturated carbocycles. The van der Waals surface area contributed by atoms with Gasteiger partial charge in [0.2, 0.25) is 5.91 Å². The molecule has 2 aliphatic heterocycles. The van der Waals surface area contributed by atoms with Crippen LogP contribution >= 0.6 is 0 Å². The third-order valence-corrected chi connectivity index (χ3v) is 4.80. The minimum Gasteiger partial charge on any atom is -0.392 e. The van der Waals surface area contributed by atoms with Crippen molar-refractivity contribution in [2.24, 2.45) is 0 Å². The van der Waals surface area contributed by atoms with Crippen molar-refractivity contribution in [3.8, 4) is 0 Å². The molecule has 2 aliphatic rings. The van der Waals surface area contributed by atoms with Gasteiger partial charge in [-0.25, -0.2) is 0 Å². The van der Waals surface area contributed by atoms with Crippen molar-refractivity contribution in [3.63, 3.8) is 0 Å². The van der Waals surface area contributed by atoms with Gasteiger partial charge in [-0.15, -0.1) is 0 Å². The summed E-state index contributed by atoms with van der Waals surface area (Å²) in [6, 6.07) is 6.98. The standard InChI is InChI=1S/C19H27N3O4/c1-12-10-22(11-13(2)26-12)19(25)15-5-3-14(4-6-15)8-21-18(24)17-7-16(23)9-20-17/h3-6,12-13,16-17,20,23H,7-11H2,1-2H3,(H,21,24). The number of carbonyl (C=O) groups excluding carboxylic acids is 2. The van der Waals surface area contributed by atoms with E-state index in [0.717, 1.165) is 5.56 Å². The Balaban J connectivity index is 1.53. The van der Waals surface area contributed by atoms with Crippen molar-refractivity contribution in [2.75, 3.05) is 19.6 Å². The molecule has 2 saturated heterocycles. The van der Waals surface area contributed by atoms with Gasteiger partial charge in [-0.3, -0.25) is 9.59 Å². The predicted octanol–water partition coefficient (Wildman–Crippen LogP) is 0.275. The zero-order chi connectivity index (χ0) is 18.7. The van der Waals surface area contributed by atoms with E-state index in [1.807, 2.05) is 30.9 Å². The molecule has 4 atom stereocenters. The number of aliphatic hydroxyl groups is 1. The molecule has 0 spiro atoms. The van der Waals surface area contributed by atoms with Crippen LogP contribution in [0.2, 0.25) is 0 Å². The lowest BCUT2D eigenvalue weighted by Crippen LogP contribution is -2.48. The van der Waals surface area contributed by atoms with Crippen molar-refractivity contribution in [2.45, 2.75) is 51.2 Å². The highest BCUT2D eigenvalue weighted by molar-refractivity contribution is 5.94. The first-order valence-electron chi connectivity index (χ1n) is 9.15. The third-order valence-electron chi connectivity index (χ3n) is 4.80. The van der Waals surface area contributed by atoms with E-state index in [9.17, 15) is 14.7 Å². The summed E-state index contributed by atoms with van der Waals surface area (Å²) >= 11 is 0. The highest BCUT2D eigenvalue weighted by Crippen LogP contribution is 2.15. The van der Waals surface area contributed by atoms with E-state index in [0.29, 0.717) is 38.2 Å². The summed E-state index contributed by atoms with van der Waals surface area (Å²) in [6.45, 7) is 5.99. The molecule has 2 heterocycles. The zero-order valence-corrected chi connectivity index (χ0v) is 15.3. The summed E-state index contributed by atoms with van der Waals surface area (Å²) in [5.74, 6) is -0.107. The minimum absolute atomic E-state index is 0.00623. The number of morpholine rings is 1. The zero-order valence-electron chi connectivity index (χ0n) is 15.3. The SMILES string of the molecule is CC1CN(C(=O)c2ccc(CNC(=O)C3CC(O)CN3)cc2)CC(C)O1. The van der Waals surface area contributed by atoms with Crippen molar-refractivity contribution in [1.82, 2.24) is 15.5 Å². The van der Waals surface area contributed by atoms with Gasteiger partial charge in [-0.2, -0.15) is 0 Å². The summed E-state index contributed by atoms with van der Waals surface area (Å²) in [6.07, 6.45) is 0.0665. The molecule has 142 valence electrons. The van der Waals surface area contributed by atoms with Crippen LogP contribution in [0.25, 0.3) is 0 Å². The normalized spacial score (nSPS) is 28.8. The second kappa shape index (κ2) is 8.16. The molecule has 0 bridgehead atoms. The number of nitrogens with one attached hydrogen (secondary N) is 2. The first-order chi connectivity index (χ1) is 12.4. The molecular weight excluding hydrogens is 334 g/mol. The molecule has 2 amide bonds. The van der Waals surface area contributed by atoms with Crippen LogP contribution in [-0.4, -0.2) is 65.8 Å². The molecule has 2 fully saturated rings. The Kier molecular flexibility index (Phi) is 5.90. The minimum atomic E-state index is -0.457. The average Bonchev–Trinajstić information content (AvgIpc) is 3.05. The van der Waals surface area contributed by atoms with Crippen LogP contribution in [0.4, 0.5) is 0 Å². The Labute approximate surface area is 153 Å².